The first kappa shape index (κ1) is 11.2. The number of hydrogen-bond donors (Lipinski definition) is 1. The lowest BCUT2D eigenvalue weighted by molar-refractivity contribution is 0.474. The van der Waals surface area contributed by atoms with E-state index in [4.69, 9.17) is 5.26 Å². The van der Waals surface area contributed by atoms with E-state index in [0.29, 0.717) is 17.6 Å². The second kappa shape index (κ2) is 4.42. The minimum Gasteiger partial charge on any atom is -0.508 e. The summed E-state index contributed by atoms with van der Waals surface area (Å²) in [5.74, 6) is 1.00. The molecule has 0 fully saturated rings. The Labute approximate surface area is 109 Å². The number of aromatic nitrogens is 3. The number of aromatic hydroxyl groups is 1. The van der Waals surface area contributed by atoms with E-state index in [0.717, 1.165) is 11.4 Å². The average molecular weight is 250 g/mol. The van der Waals surface area contributed by atoms with Crippen molar-refractivity contribution in [1.82, 2.24) is 14.6 Å². The lowest BCUT2D eigenvalue weighted by atomic mass is 10.1. The van der Waals surface area contributed by atoms with E-state index >= 15 is 0 Å². The van der Waals surface area contributed by atoms with Gasteiger partial charge in [-0.2, -0.15) is 5.26 Å². The van der Waals surface area contributed by atoms with Crippen LogP contribution >= 0.6 is 0 Å². The molecular weight excluding hydrogens is 240 g/mol. The minimum atomic E-state index is 0.234. The van der Waals surface area contributed by atoms with E-state index in [2.05, 4.69) is 16.3 Å². The van der Waals surface area contributed by atoms with Crippen molar-refractivity contribution in [2.45, 2.75) is 6.42 Å². The van der Waals surface area contributed by atoms with Gasteiger partial charge in [0.25, 0.3) is 0 Å². The number of rotatable bonds is 2. The van der Waals surface area contributed by atoms with Crippen LogP contribution in [-0.2, 0) is 6.42 Å². The standard InChI is InChI=1S/C14H10N4O/c15-9-11-4-5-18-13(16-17-14(18)8-11)7-10-2-1-3-12(19)6-10/h1-6,8,19H,7H2. The molecular formula is C14H10N4O. The average Bonchev–Trinajstić information content (AvgIpc) is 2.81. The number of phenols is 1. The lowest BCUT2D eigenvalue weighted by Crippen LogP contribution is -1.96. The number of nitriles is 1. The molecule has 0 bridgehead atoms. The second-order valence-corrected chi connectivity index (χ2v) is 4.22. The summed E-state index contributed by atoms with van der Waals surface area (Å²) < 4.78 is 1.84. The third-order valence-corrected chi connectivity index (χ3v) is 2.88. The normalized spacial score (nSPS) is 10.5. The number of nitrogens with zero attached hydrogens (tertiary/aromatic N) is 4. The molecule has 3 rings (SSSR count). The van der Waals surface area contributed by atoms with Gasteiger partial charge >= 0.3 is 0 Å². The maximum absolute atomic E-state index is 9.44. The SMILES string of the molecule is N#Cc1ccn2c(Cc3cccc(O)c3)nnc2c1. The summed E-state index contributed by atoms with van der Waals surface area (Å²) >= 11 is 0. The molecule has 5 heteroatoms. The number of benzene rings is 1. The zero-order chi connectivity index (χ0) is 13.2. The van der Waals surface area contributed by atoms with Gasteiger partial charge in [0.1, 0.15) is 11.6 Å². The highest BCUT2D eigenvalue weighted by Crippen LogP contribution is 2.15. The molecule has 1 N–H and O–H groups in total. The lowest BCUT2D eigenvalue weighted by Gasteiger charge is -2.01. The zero-order valence-electron chi connectivity index (χ0n) is 9.98. The zero-order valence-corrected chi connectivity index (χ0v) is 9.98. The van der Waals surface area contributed by atoms with Crippen LogP contribution in [0.3, 0.4) is 0 Å². The summed E-state index contributed by atoms with van der Waals surface area (Å²) in [4.78, 5) is 0. The fourth-order valence-electron chi connectivity index (χ4n) is 1.98. The Balaban J connectivity index is 2.00. The van der Waals surface area contributed by atoms with Gasteiger partial charge in [0, 0.05) is 18.7 Å². The fraction of sp³-hybridized carbons (Fsp3) is 0.0714. The first-order chi connectivity index (χ1) is 9.26. The van der Waals surface area contributed by atoms with Gasteiger partial charge in [-0.05, 0) is 23.8 Å². The molecule has 0 radical (unpaired) electrons. The van der Waals surface area contributed by atoms with Crippen LogP contribution in [0.2, 0.25) is 0 Å². The predicted molar refractivity (Wildman–Crippen MR) is 68.6 cm³/mol. The van der Waals surface area contributed by atoms with Crippen molar-refractivity contribution in [3.8, 4) is 11.8 Å². The Bertz CT molecular complexity index is 785. The van der Waals surface area contributed by atoms with Crippen molar-refractivity contribution >= 4 is 5.65 Å². The molecule has 0 aliphatic rings. The fourth-order valence-corrected chi connectivity index (χ4v) is 1.98. The van der Waals surface area contributed by atoms with E-state index in [1.54, 1.807) is 36.5 Å². The van der Waals surface area contributed by atoms with Crippen LogP contribution < -0.4 is 0 Å². The van der Waals surface area contributed by atoms with Crippen molar-refractivity contribution in [3.05, 3.63) is 59.5 Å². The van der Waals surface area contributed by atoms with Crippen molar-refractivity contribution in [2.24, 2.45) is 0 Å². The first-order valence-electron chi connectivity index (χ1n) is 5.78. The van der Waals surface area contributed by atoms with E-state index in [1.165, 1.54) is 0 Å². The summed E-state index contributed by atoms with van der Waals surface area (Å²) in [6.45, 7) is 0. The Kier molecular flexibility index (Phi) is 2.62. The maximum Gasteiger partial charge on any atom is 0.162 e. The summed E-state index contributed by atoms with van der Waals surface area (Å²) in [6.07, 6.45) is 2.35. The summed E-state index contributed by atoms with van der Waals surface area (Å²) in [6, 6.07) is 12.5. The predicted octanol–water partition coefficient (Wildman–Crippen LogP) is 1.90. The van der Waals surface area contributed by atoms with E-state index < -0.39 is 0 Å². The van der Waals surface area contributed by atoms with Crippen LogP contribution in [0.25, 0.3) is 5.65 Å². The molecule has 2 heterocycles. The third-order valence-electron chi connectivity index (χ3n) is 2.88. The van der Waals surface area contributed by atoms with Crippen LogP contribution in [-0.4, -0.2) is 19.7 Å². The summed E-state index contributed by atoms with van der Waals surface area (Å²) in [7, 11) is 0. The van der Waals surface area contributed by atoms with Crippen LogP contribution in [0.1, 0.15) is 17.0 Å². The largest absolute Gasteiger partial charge is 0.508 e. The number of fused-ring (bicyclic) bond motifs is 1. The quantitative estimate of drug-likeness (QED) is 0.753. The number of phenolic OH excluding ortho intramolecular Hbond substituents is 1. The molecule has 0 spiro atoms. The number of pyridine rings is 1. The van der Waals surface area contributed by atoms with Crippen molar-refractivity contribution in [1.29, 1.82) is 5.26 Å². The molecule has 0 aliphatic carbocycles. The van der Waals surface area contributed by atoms with E-state index in [-0.39, 0.29) is 5.75 Å². The van der Waals surface area contributed by atoms with Crippen LogP contribution in [0, 0.1) is 11.3 Å². The molecule has 0 aliphatic heterocycles. The Morgan fingerprint density at radius 1 is 1.21 bits per heavy atom. The van der Waals surface area contributed by atoms with Crippen LogP contribution in [0.4, 0.5) is 0 Å². The summed E-state index contributed by atoms with van der Waals surface area (Å²) in [5, 5.41) is 26.4. The van der Waals surface area contributed by atoms with Crippen molar-refractivity contribution in [3.63, 3.8) is 0 Å². The van der Waals surface area contributed by atoms with E-state index in [1.807, 2.05) is 10.5 Å². The van der Waals surface area contributed by atoms with Gasteiger partial charge in [0.2, 0.25) is 0 Å². The molecule has 0 saturated carbocycles. The summed E-state index contributed by atoms with van der Waals surface area (Å²) in [5.41, 5.74) is 2.16. The smallest absolute Gasteiger partial charge is 0.162 e. The van der Waals surface area contributed by atoms with Crippen molar-refractivity contribution in [2.75, 3.05) is 0 Å². The molecule has 19 heavy (non-hydrogen) atoms. The molecule has 5 nitrogen and oxygen atoms in total. The van der Waals surface area contributed by atoms with Crippen LogP contribution in [0.15, 0.2) is 42.6 Å². The monoisotopic (exact) mass is 250 g/mol. The Morgan fingerprint density at radius 3 is 2.89 bits per heavy atom. The van der Waals surface area contributed by atoms with Gasteiger partial charge in [0.15, 0.2) is 5.65 Å². The molecule has 0 atom stereocenters. The number of hydrogen-bond acceptors (Lipinski definition) is 4. The first-order valence-corrected chi connectivity index (χ1v) is 5.78. The highest BCUT2D eigenvalue weighted by atomic mass is 16.3. The van der Waals surface area contributed by atoms with Gasteiger partial charge < -0.3 is 5.11 Å². The highest BCUT2D eigenvalue weighted by Gasteiger charge is 2.07. The molecule has 0 saturated heterocycles. The Morgan fingerprint density at radius 2 is 2.11 bits per heavy atom. The van der Waals surface area contributed by atoms with Gasteiger partial charge in [-0.15, -0.1) is 10.2 Å². The second-order valence-electron chi connectivity index (χ2n) is 4.22. The Hall–Kier alpha value is -2.87. The van der Waals surface area contributed by atoms with Gasteiger partial charge in [-0.3, -0.25) is 4.40 Å². The molecule has 1 aromatic carbocycles. The molecule has 2 aromatic heterocycles. The molecule has 0 amide bonds. The highest BCUT2D eigenvalue weighted by molar-refractivity contribution is 5.46. The molecule has 3 aromatic rings. The van der Waals surface area contributed by atoms with Crippen LogP contribution in [0.5, 0.6) is 5.75 Å². The van der Waals surface area contributed by atoms with Gasteiger partial charge in [-0.25, -0.2) is 0 Å². The minimum absolute atomic E-state index is 0.234. The van der Waals surface area contributed by atoms with E-state index in [9.17, 15) is 5.11 Å². The topological polar surface area (TPSA) is 74.2 Å². The van der Waals surface area contributed by atoms with Gasteiger partial charge in [0.05, 0.1) is 11.6 Å². The maximum atomic E-state index is 9.44. The molecule has 0 unspecified atom stereocenters. The van der Waals surface area contributed by atoms with Gasteiger partial charge in [-0.1, -0.05) is 12.1 Å². The van der Waals surface area contributed by atoms with Crippen molar-refractivity contribution < 1.29 is 5.11 Å². The molecule has 92 valence electrons. The third kappa shape index (κ3) is 2.11.